The average Bonchev–Trinajstić information content (AvgIpc) is 3.13. The topological polar surface area (TPSA) is 93.0 Å². The lowest BCUT2D eigenvalue weighted by molar-refractivity contribution is -0.122. The summed E-state index contributed by atoms with van der Waals surface area (Å²) in [5.74, 6) is 0.837. The number of fused-ring (bicyclic) bond motifs is 1. The van der Waals surface area contributed by atoms with Crippen LogP contribution in [0, 0.1) is 6.92 Å². The Morgan fingerprint density at radius 2 is 1.90 bits per heavy atom. The summed E-state index contributed by atoms with van der Waals surface area (Å²) in [5, 5.41) is 15.3. The summed E-state index contributed by atoms with van der Waals surface area (Å²) in [5.41, 5.74) is 2.57. The molecule has 29 heavy (non-hydrogen) atoms. The van der Waals surface area contributed by atoms with E-state index in [0.29, 0.717) is 12.4 Å². The Kier molecular flexibility index (Phi) is 5.33. The van der Waals surface area contributed by atoms with Crippen LogP contribution >= 0.6 is 0 Å². The molecule has 8 heteroatoms. The van der Waals surface area contributed by atoms with Gasteiger partial charge in [-0.2, -0.15) is 5.10 Å². The molecule has 0 bridgehead atoms. The summed E-state index contributed by atoms with van der Waals surface area (Å²) in [6.07, 6.45) is 1.07. The second kappa shape index (κ2) is 8.22. The first kappa shape index (κ1) is 18.8. The van der Waals surface area contributed by atoms with Gasteiger partial charge >= 0.3 is 0 Å². The third-order valence-corrected chi connectivity index (χ3v) is 4.78. The maximum atomic E-state index is 12.6. The fourth-order valence-corrected chi connectivity index (χ4v) is 3.38. The molecule has 0 saturated heterocycles. The van der Waals surface area contributed by atoms with E-state index in [4.69, 9.17) is 0 Å². The molecule has 0 radical (unpaired) electrons. The van der Waals surface area contributed by atoms with Gasteiger partial charge in [-0.15, -0.1) is 10.2 Å². The SMILES string of the molecule is Cc1cc2n(n1)CCCN2C(=O)CCC(=O)Nc1ccc(-c2ccccc2)nn1.[HH]. The minimum atomic E-state index is -0.262. The van der Waals surface area contributed by atoms with Crippen molar-refractivity contribution in [1.82, 2.24) is 20.0 Å². The van der Waals surface area contributed by atoms with Crippen LogP contribution in [0.1, 0.15) is 26.4 Å². The number of anilines is 2. The van der Waals surface area contributed by atoms with Gasteiger partial charge in [0.05, 0.1) is 11.4 Å². The quantitative estimate of drug-likeness (QED) is 0.720. The molecule has 0 aliphatic carbocycles. The molecule has 0 spiro atoms. The van der Waals surface area contributed by atoms with E-state index < -0.39 is 0 Å². The Hall–Kier alpha value is -3.55. The van der Waals surface area contributed by atoms with E-state index in [-0.39, 0.29) is 26.1 Å². The van der Waals surface area contributed by atoms with Gasteiger partial charge in [-0.05, 0) is 25.5 Å². The van der Waals surface area contributed by atoms with E-state index in [1.54, 1.807) is 17.0 Å². The van der Waals surface area contributed by atoms with Gasteiger partial charge in [-0.3, -0.25) is 14.5 Å². The molecule has 8 nitrogen and oxygen atoms in total. The number of nitrogens with one attached hydrogen (secondary N) is 1. The van der Waals surface area contributed by atoms with Crippen LogP contribution in [0.15, 0.2) is 48.5 Å². The Morgan fingerprint density at radius 1 is 1.07 bits per heavy atom. The molecular formula is C21H24N6O2. The monoisotopic (exact) mass is 392 g/mol. The summed E-state index contributed by atoms with van der Waals surface area (Å²) in [4.78, 5) is 26.6. The van der Waals surface area contributed by atoms with Gasteiger partial charge in [-0.1, -0.05) is 30.3 Å². The molecule has 0 saturated carbocycles. The number of carbonyl (C=O) groups is 2. The van der Waals surface area contributed by atoms with Crippen molar-refractivity contribution >= 4 is 23.5 Å². The van der Waals surface area contributed by atoms with Crippen LogP contribution in [0.4, 0.5) is 11.6 Å². The predicted octanol–water partition coefficient (Wildman–Crippen LogP) is 3.05. The summed E-state index contributed by atoms with van der Waals surface area (Å²) in [7, 11) is 0. The summed E-state index contributed by atoms with van der Waals surface area (Å²) < 4.78 is 1.85. The lowest BCUT2D eigenvalue weighted by atomic mass is 10.1. The highest BCUT2D eigenvalue weighted by Crippen LogP contribution is 2.22. The highest BCUT2D eigenvalue weighted by molar-refractivity contribution is 5.97. The first-order chi connectivity index (χ1) is 14.1. The molecule has 4 rings (SSSR count). The number of amides is 2. The van der Waals surface area contributed by atoms with E-state index in [2.05, 4.69) is 20.6 Å². The fraction of sp³-hybridized carbons (Fsp3) is 0.286. The molecule has 3 heterocycles. The zero-order valence-electron chi connectivity index (χ0n) is 16.2. The van der Waals surface area contributed by atoms with E-state index in [1.165, 1.54) is 0 Å². The number of carbonyl (C=O) groups excluding carboxylic acids is 2. The highest BCUT2D eigenvalue weighted by atomic mass is 16.2. The van der Waals surface area contributed by atoms with Gasteiger partial charge in [0.1, 0.15) is 5.82 Å². The van der Waals surface area contributed by atoms with E-state index in [9.17, 15) is 9.59 Å². The van der Waals surface area contributed by atoms with Gasteiger partial charge in [0.15, 0.2) is 5.82 Å². The molecule has 2 amide bonds. The van der Waals surface area contributed by atoms with Gasteiger partial charge in [0, 0.05) is 39.0 Å². The molecule has 3 aromatic rings. The Morgan fingerprint density at radius 3 is 2.66 bits per heavy atom. The number of benzene rings is 1. The third kappa shape index (κ3) is 4.31. The smallest absolute Gasteiger partial charge is 0.228 e. The second-order valence-corrected chi connectivity index (χ2v) is 6.98. The first-order valence-electron chi connectivity index (χ1n) is 9.64. The molecular weight excluding hydrogens is 368 g/mol. The molecule has 0 unspecified atom stereocenters. The van der Waals surface area contributed by atoms with Crippen LogP contribution in [0.25, 0.3) is 11.3 Å². The number of hydrogen-bond acceptors (Lipinski definition) is 5. The van der Waals surface area contributed by atoms with E-state index in [1.807, 2.05) is 48.0 Å². The van der Waals surface area contributed by atoms with E-state index >= 15 is 0 Å². The van der Waals surface area contributed by atoms with Crippen molar-refractivity contribution in [3.8, 4) is 11.3 Å². The molecule has 150 valence electrons. The van der Waals surface area contributed by atoms with Crippen LogP contribution in [0.2, 0.25) is 0 Å². The van der Waals surface area contributed by atoms with Crippen molar-refractivity contribution in [3.05, 3.63) is 54.2 Å². The van der Waals surface area contributed by atoms with Crippen LogP contribution in [0.5, 0.6) is 0 Å². The van der Waals surface area contributed by atoms with Crippen LogP contribution in [-0.4, -0.2) is 38.3 Å². The van der Waals surface area contributed by atoms with Crippen molar-refractivity contribution in [2.24, 2.45) is 0 Å². The zero-order chi connectivity index (χ0) is 20.2. The molecule has 1 aromatic carbocycles. The van der Waals surface area contributed by atoms with Crippen molar-refractivity contribution in [1.29, 1.82) is 0 Å². The Bertz CT molecular complexity index is 1020. The molecule has 0 atom stereocenters. The summed E-state index contributed by atoms with van der Waals surface area (Å²) >= 11 is 0. The van der Waals surface area contributed by atoms with Crippen molar-refractivity contribution in [2.45, 2.75) is 32.7 Å². The average molecular weight is 392 g/mol. The van der Waals surface area contributed by atoms with Crippen molar-refractivity contribution < 1.29 is 11.0 Å². The maximum Gasteiger partial charge on any atom is 0.228 e. The van der Waals surface area contributed by atoms with Gasteiger partial charge in [-0.25, -0.2) is 4.68 Å². The highest BCUT2D eigenvalue weighted by Gasteiger charge is 2.24. The normalized spacial score (nSPS) is 13.1. The Balaban J connectivity index is 0.00000256. The number of hydrogen-bond donors (Lipinski definition) is 1. The number of aromatic nitrogens is 4. The lowest BCUT2D eigenvalue weighted by Crippen LogP contribution is -2.37. The number of aryl methyl sites for hydroxylation is 2. The van der Waals surface area contributed by atoms with Crippen LogP contribution in [0.3, 0.4) is 0 Å². The van der Waals surface area contributed by atoms with Crippen LogP contribution in [-0.2, 0) is 16.1 Å². The fourth-order valence-electron chi connectivity index (χ4n) is 3.38. The molecule has 2 aromatic heterocycles. The van der Waals surface area contributed by atoms with Gasteiger partial charge in [0.2, 0.25) is 11.8 Å². The second-order valence-electron chi connectivity index (χ2n) is 6.98. The number of nitrogens with zero attached hydrogens (tertiary/aromatic N) is 5. The summed E-state index contributed by atoms with van der Waals surface area (Å²) in [6.45, 7) is 3.37. The van der Waals surface area contributed by atoms with E-state index in [0.717, 1.165) is 35.7 Å². The van der Waals surface area contributed by atoms with Gasteiger partial charge < -0.3 is 5.32 Å². The standard InChI is InChI=1S/C21H22N6O2.H2/c1-15-14-20-26(12-5-13-27(20)25-15)21(29)11-10-19(28)22-18-9-8-17(23-24-18)16-6-3-2-4-7-16;/h2-4,6-9,14H,5,10-13H2,1H3,(H,22,24,28);1H. The molecule has 1 aliphatic heterocycles. The van der Waals surface area contributed by atoms with Crippen molar-refractivity contribution in [2.75, 3.05) is 16.8 Å². The zero-order valence-corrected chi connectivity index (χ0v) is 16.2. The van der Waals surface area contributed by atoms with Gasteiger partial charge in [0.25, 0.3) is 0 Å². The minimum absolute atomic E-state index is 0. The third-order valence-electron chi connectivity index (χ3n) is 4.78. The largest absolute Gasteiger partial charge is 0.309 e. The molecule has 1 aliphatic rings. The minimum Gasteiger partial charge on any atom is -0.309 e. The first-order valence-corrected chi connectivity index (χ1v) is 9.64. The molecule has 1 N–H and O–H groups in total. The molecule has 0 fully saturated rings. The maximum absolute atomic E-state index is 12.6. The van der Waals surface area contributed by atoms with Crippen LogP contribution < -0.4 is 10.2 Å². The Labute approximate surface area is 170 Å². The van der Waals surface area contributed by atoms with Crippen molar-refractivity contribution in [3.63, 3.8) is 0 Å². The number of rotatable bonds is 5. The predicted molar refractivity (Wildman–Crippen MR) is 111 cm³/mol. The summed E-state index contributed by atoms with van der Waals surface area (Å²) in [6, 6.07) is 15.1. The lowest BCUT2D eigenvalue weighted by Gasteiger charge is -2.27.